The molecular weight excluding hydrogens is 230 g/mol. The Balaban J connectivity index is 2.20. The lowest BCUT2D eigenvalue weighted by atomic mass is 9.95. The van der Waals surface area contributed by atoms with Crippen LogP contribution in [0.25, 0.3) is 0 Å². The second-order valence-corrected chi connectivity index (χ2v) is 4.69. The van der Waals surface area contributed by atoms with Crippen molar-refractivity contribution in [1.82, 2.24) is 4.90 Å². The number of hydrogen-bond acceptors (Lipinski definition) is 3. The van der Waals surface area contributed by atoms with Crippen molar-refractivity contribution in [3.05, 3.63) is 34.9 Å². The van der Waals surface area contributed by atoms with Gasteiger partial charge in [0.1, 0.15) is 6.10 Å². The van der Waals surface area contributed by atoms with E-state index in [0.717, 1.165) is 24.1 Å². The molecule has 1 unspecified atom stereocenters. The first-order valence-electron chi connectivity index (χ1n) is 6.16. The molecule has 1 aromatic carbocycles. The molecule has 98 valence electrons. The second-order valence-electron chi connectivity index (χ2n) is 4.69. The van der Waals surface area contributed by atoms with Gasteiger partial charge in [0.05, 0.1) is 6.61 Å². The lowest BCUT2D eigenvalue weighted by molar-refractivity contribution is -0.129. The van der Waals surface area contributed by atoms with E-state index in [0.29, 0.717) is 6.54 Å². The van der Waals surface area contributed by atoms with Crippen molar-refractivity contribution in [2.45, 2.75) is 26.0 Å². The van der Waals surface area contributed by atoms with Crippen molar-refractivity contribution >= 4 is 5.91 Å². The molecule has 0 saturated heterocycles. The van der Waals surface area contributed by atoms with Crippen LogP contribution >= 0.6 is 0 Å². The number of benzene rings is 1. The molecule has 1 atom stereocenters. The number of amides is 1. The molecule has 1 heterocycles. The molecule has 1 amide bonds. The van der Waals surface area contributed by atoms with Crippen LogP contribution in [0.4, 0.5) is 0 Å². The van der Waals surface area contributed by atoms with Gasteiger partial charge in [-0.15, -0.1) is 0 Å². The standard InChI is InChI=1S/C14H19NO3/c1-10(16)15-6-5-11-3-4-12(7-13(11)8-15)14(17)9-18-2/h3-4,7,14,17H,5-6,8-9H2,1-2H3. The van der Waals surface area contributed by atoms with Gasteiger partial charge in [-0.25, -0.2) is 0 Å². The smallest absolute Gasteiger partial charge is 0.219 e. The van der Waals surface area contributed by atoms with E-state index in [1.165, 1.54) is 5.56 Å². The maximum atomic E-state index is 11.4. The topological polar surface area (TPSA) is 49.8 Å². The lowest BCUT2D eigenvalue weighted by Gasteiger charge is -2.28. The minimum Gasteiger partial charge on any atom is -0.386 e. The summed E-state index contributed by atoms with van der Waals surface area (Å²) >= 11 is 0. The Bertz CT molecular complexity index is 445. The van der Waals surface area contributed by atoms with Crippen LogP contribution in [-0.2, 0) is 22.5 Å². The Morgan fingerprint density at radius 1 is 1.50 bits per heavy atom. The monoisotopic (exact) mass is 249 g/mol. The van der Waals surface area contributed by atoms with Gasteiger partial charge in [-0.2, -0.15) is 0 Å². The van der Waals surface area contributed by atoms with E-state index in [9.17, 15) is 9.90 Å². The van der Waals surface area contributed by atoms with Gasteiger partial charge < -0.3 is 14.7 Å². The fourth-order valence-corrected chi connectivity index (χ4v) is 2.31. The van der Waals surface area contributed by atoms with Crippen LogP contribution in [0.5, 0.6) is 0 Å². The SMILES string of the molecule is COCC(O)c1ccc2c(c1)CN(C(C)=O)CC2. The number of nitrogens with zero attached hydrogens (tertiary/aromatic N) is 1. The van der Waals surface area contributed by atoms with Crippen LogP contribution < -0.4 is 0 Å². The number of aliphatic hydroxyl groups is 1. The Kier molecular flexibility index (Phi) is 3.99. The van der Waals surface area contributed by atoms with Crippen LogP contribution in [0.1, 0.15) is 29.7 Å². The highest BCUT2D eigenvalue weighted by Crippen LogP contribution is 2.23. The predicted octanol–water partition coefficient (Wildman–Crippen LogP) is 1.27. The minimum atomic E-state index is -0.604. The van der Waals surface area contributed by atoms with Crippen LogP contribution in [0.2, 0.25) is 0 Å². The van der Waals surface area contributed by atoms with Crippen molar-refractivity contribution in [3.63, 3.8) is 0 Å². The third kappa shape index (κ3) is 2.71. The summed E-state index contributed by atoms with van der Waals surface area (Å²) in [6.45, 7) is 3.30. The molecule has 0 saturated carbocycles. The first-order chi connectivity index (χ1) is 8.61. The Morgan fingerprint density at radius 2 is 2.28 bits per heavy atom. The largest absolute Gasteiger partial charge is 0.386 e. The van der Waals surface area contributed by atoms with Gasteiger partial charge in [-0.1, -0.05) is 18.2 Å². The van der Waals surface area contributed by atoms with Crippen molar-refractivity contribution in [2.24, 2.45) is 0 Å². The number of carbonyl (C=O) groups is 1. The molecule has 1 aliphatic rings. The first-order valence-corrected chi connectivity index (χ1v) is 6.16. The number of hydrogen-bond donors (Lipinski definition) is 1. The lowest BCUT2D eigenvalue weighted by Crippen LogP contribution is -2.34. The Labute approximate surface area is 107 Å². The number of carbonyl (C=O) groups excluding carboxylic acids is 1. The zero-order chi connectivity index (χ0) is 13.1. The number of rotatable bonds is 3. The van der Waals surface area contributed by atoms with E-state index in [-0.39, 0.29) is 12.5 Å². The zero-order valence-electron chi connectivity index (χ0n) is 10.8. The number of methoxy groups -OCH3 is 1. The third-order valence-corrected chi connectivity index (χ3v) is 3.40. The molecule has 0 fully saturated rings. The van der Waals surface area contributed by atoms with Crippen molar-refractivity contribution in [1.29, 1.82) is 0 Å². The van der Waals surface area contributed by atoms with Gasteiger partial charge in [-0.3, -0.25) is 4.79 Å². The highest BCUT2D eigenvalue weighted by Gasteiger charge is 2.19. The normalized spacial score (nSPS) is 16.3. The van der Waals surface area contributed by atoms with E-state index < -0.39 is 6.10 Å². The molecule has 1 aliphatic heterocycles. The Morgan fingerprint density at radius 3 is 2.94 bits per heavy atom. The highest BCUT2D eigenvalue weighted by atomic mass is 16.5. The summed E-state index contributed by atoms with van der Waals surface area (Å²) in [4.78, 5) is 13.2. The van der Waals surface area contributed by atoms with Gasteiger partial charge in [0.25, 0.3) is 0 Å². The molecule has 0 spiro atoms. The summed E-state index contributed by atoms with van der Waals surface area (Å²) in [5.41, 5.74) is 3.24. The summed E-state index contributed by atoms with van der Waals surface area (Å²) in [5, 5.41) is 9.89. The molecule has 0 aromatic heterocycles. The summed E-state index contributed by atoms with van der Waals surface area (Å²) in [5.74, 6) is 0.100. The predicted molar refractivity (Wildman–Crippen MR) is 68.1 cm³/mol. The average molecular weight is 249 g/mol. The van der Waals surface area contributed by atoms with Crippen molar-refractivity contribution < 1.29 is 14.6 Å². The van der Waals surface area contributed by atoms with E-state index in [1.807, 2.05) is 23.1 Å². The van der Waals surface area contributed by atoms with E-state index in [4.69, 9.17) is 4.74 Å². The van der Waals surface area contributed by atoms with Crippen molar-refractivity contribution in [3.8, 4) is 0 Å². The van der Waals surface area contributed by atoms with Gasteiger partial charge in [0, 0.05) is 27.1 Å². The molecule has 0 radical (unpaired) electrons. The third-order valence-electron chi connectivity index (χ3n) is 3.40. The average Bonchev–Trinajstić information content (AvgIpc) is 2.37. The molecule has 0 bridgehead atoms. The fraction of sp³-hybridized carbons (Fsp3) is 0.500. The quantitative estimate of drug-likeness (QED) is 0.877. The molecule has 4 heteroatoms. The van der Waals surface area contributed by atoms with Crippen LogP contribution in [0, 0.1) is 0 Å². The fourth-order valence-electron chi connectivity index (χ4n) is 2.31. The van der Waals surface area contributed by atoms with Gasteiger partial charge in [0.15, 0.2) is 0 Å². The van der Waals surface area contributed by atoms with Crippen molar-refractivity contribution in [2.75, 3.05) is 20.3 Å². The molecular formula is C14H19NO3. The molecule has 1 N–H and O–H groups in total. The number of ether oxygens (including phenoxy) is 1. The van der Waals surface area contributed by atoms with Crippen LogP contribution in [0.3, 0.4) is 0 Å². The van der Waals surface area contributed by atoms with E-state index in [1.54, 1.807) is 14.0 Å². The maximum absolute atomic E-state index is 11.4. The minimum absolute atomic E-state index is 0.100. The zero-order valence-corrected chi connectivity index (χ0v) is 10.8. The van der Waals surface area contributed by atoms with E-state index >= 15 is 0 Å². The van der Waals surface area contributed by atoms with Crippen LogP contribution in [0.15, 0.2) is 18.2 Å². The molecule has 18 heavy (non-hydrogen) atoms. The summed E-state index contributed by atoms with van der Waals surface area (Å²) in [6.07, 6.45) is 0.281. The van der Waals surface area contributed by atoms with Gasteiger partial charge in [-0.05, 0) is 23.1 Å². The number of fused-ring (bicyclic) bond motifs is 1. The molecule has 0 aliphatic carbocycles. The summed E-state index contributed by atoms with van der Waals surface area (Å²) < 4.78 is 4.95. The summed E-state index contributed by atoms with van der Waals surface area (Å²) in [7, 11) is 1.57. The summed E-state index contributed by atoms with van der Waals surface area (Å²) in [6, 6.07) is 5.96. The number of aliphatic hydroxyl groups excluding tert-OH is 1. The molecule has 1 aromatic rings. The second kappa shape index (κ2) is 5.50. The van der Waals surface area contributed by atoms with Gasteiger partial charge in [0.2, 0.25) is 5.91 Å². The highest BCUT2D eigenvalue weighted by molar-refractivity contribution is 5.73. The van der Waals surface area contributed by atoms with E-state index in [2.05, 4.69) is 0 Å². The first kappa shape index (κ1) is 13.1. The maximum Gasteiger partial charge on any atom is 0.219 e. The molecule has 4 nitrogen and oxygen atoms in total. The Hall–Kier alpha value is -1.39. The van der Waals surface area contributed by atoms with Crippen LogP contribution in [-0.4, -0.2) is 36.2 Å². The van der Waals surface area contributed by atoms with Gasteiger partial charge >= 0.3 is 0 Å². The molecule has 2 rings (SSSR count).